The van der Waals surface area contributed by atoms with Crippen LogP contribution in [0.25, 0.3) is 0 Å². The first kappa shape index (κ1) is 12.6. The molecular weight excluding hydrogens is 258 g/mol. The second-order valence-electron chi connectivity index (χ2n) is 4.43. The maximum Gasteiger partial charge on any atom is 0.316 e. The van der Waals surface area contributed by atoms with Gasteiger partial charge in [-0.05, 0) is 6.07 Å². The predicted octanol–water partition coefficient (Wildman–Crippen LogP) is 0.933. The lowest BCUT2D eigenvalue weighted by atomic mass is 10.3. The molecule has 0 spiro atoms. The Morgan fingerprint density at radius 3 is 2.60 bits per heavy atom. The van der Waals surface area contributed by atoms with Crippen LogP contribution in [0.4, 0.5) is 5.95 Å². The average molecular weight is 273 g/mol. The van der Waals surface area contributed by atoms with Crippen molar-refractivity contribution in [2.45, 2.75) is 12.5 Å². The summed E-state index contributed by atoms with van der Waals surface area (Å²) in [7, 11) is 1.58. The van der Waals surface area contributed by atoms with Crippen LogP contribution in [0.5, 0.6) is 11.8 Å². The van der Waals surface area contributed by atoms with Crippen molar-refractivity contribution in [2.75, 3.05) is 25.1 Å². The van der Waals surface area contributed by atoms with Crippen LogP contribution >= 0.6 is 0 Å². The zero-order valence-electron chi connectivity index (χ0n) is 11.1. The van der Waals surface area contributed by atoms with Crippen LogP contribution < -0.4 is 14.4 Å². The van der Waals surface area contributed by atoms with E-state index in [9.17, 15) is 0 Å². The third kappa shape index (κ3) is 2.76. The van der Waals surface area contributed by atoms with Gasteiger partial charge in [0.1, 0.15) is 6.10 Å². The Bertz CT molecular complexity index is 548. The molecule has 7 nitrogen and oxygen atoms in total. The number of rotatable bonds is 4. The third-order valence-corrected chi connectivity index (χ3v) is 3.09. The molecule has 20 heavy (non-hydrogen) atoms. The van der Waals surface area contributed by atoms with Gasteiger partial charge in [0.15, 0.2) is 5.75 Å². The molecule has 2 aromatic rings. The van der Waals surface area contributed by atoms with Crippen LogP contribution in [0.3, 0.4) is 0 Å². The first-order valence-electron chi connectivity index (χ1n) is 6.40. The minimum atomic E-state index is 0.0483. The Morgan fingerprint density at radius 1 is 1.15 bits per heavy atom. The smallest absolute Gasteiger partial charge is 0.316 e. The van der Waals surface area contributed by atoms with Gasteiger partial charge in [0.2, 0.25) is 5.95 Å². The Kier molecular flexibility index (Phi) is 3.58. The molecule has 0 amide bonds. The number of ether oxygens (including phenoxy) is 2. The monoisotopic (exact) mass is 273 g/mol. The van der Waals surface area contributed by atoms with Gasteiger partial charge < -0.3 is 14.4 Å². The molecule has 0 aromatic carbocycles. The minimum Gasteiger partial charge on any atom is -0.494 e. The first-order chi connectivity index (χ1) is 9.85. The van der Waals surface area contributed by atoms with Crippen molar-refractivity contribution >= 4 is 5.95 Å². The highest BCUT2D eigenvalue weighted by Crippen LogP contribution is 2.19. The summed E-state index contributed by atoms with van der Waals surface area (Å²) in [6.07, 6.45) is 7.61. The van der Waals surface area contributed by atoms with E-state index in [1.165, 1.54) is 0 Å². The topological polar surface area (TPSA) is 73.3 Å². The molecule has 7 heteroatoms. The van der Waals surface area contributed by atoms with E-state index in [1.54, 1.807) is 38.0 Å². The summed E-state index contributed by atoms with van der Waals surface area (Å²) < 4.78 is 10.8. The van der Waals surface area contributed by atoms with E-state index >= 15 is 0 Å². The summed E-state index contributed by atoms with van der Waals surface area (Å²) in [6.45, 7) is 1.60. The number of hydrogen-bond donors (Lipinski definition) is 0. The van der Waals surface area contributed by atoms with Crippen molar-refractivity contribution in [1.29, 1.82) is 0 Å². The van der Waals surface area contributed by atoms with Crippen LogP contribution in [-0.2, 0) is 0 Å². The van der Waals surface area contributed by atoms with Crippen LogP contribution in [0, 0.1) is 0 Å². The SMILES string of the molecule is COc1cnc(OC2CCN(c3ncccn3)C2)nc1. The number of hydrogen-bond acceptors (Lipinski definition) is 7. The van der Waals surface area contributed by atoms with E-state index in [0.717, 1.165) is 25.5 Å². The Morgan fingerprint density at radius 2 is 1.90 bits per heavy atom. The van der Waals surface area contributed by atoms with Gasteiger partial charge in [0.05, 0.1) is 26.0 Å². The summed E-state index contributed by atoms with van der Waals surface area (Å²) in [5.41, 5.74) is 0. The normalized spacial score (nSPS) is 18.1. The minimum absolute atomic E-state index is 0.0483. The maximum absolute atomic E-state index is 5.75. The maximum atomic E-state index is 5.75. The van der Waals surface area contributed by atoms with Crippen molar-refractivity contribution in [3.8, 4) is 11.8 Å². The molecule has 104 valence electrons. The summed E-state index contributed by atoms with van der Waals surface area (Å²) in [5, 5.41) is 0. The van der Waals surface area contributed by atoms with E-state index in [0.29, 0.717) is 11.8 Å². The fraction of sp³-hybridized carbons (Fsp3) is 0.385. The molecule has 1 unspecified atom stereocenters. The molecule has 1 fully saturated rings. The lowest BCUT2D eigenvalue weighted by Crippen LogP contribution is -2.26. The van der Waals surface area contributed by atoms with Crippen LogP contribution in [0.2, 0.25) is 0 Å². The van der Waals surface area contributed by atoms with E-state index in [-0.39, 0.29) is 6.10 Å². The molecule has 1 atom stereocenters. The number of methoxy groups -OCH3 is 1. The summed E-state index contributed by atoms with van der Waals surface area (Å²) in [5.74, 6) is 1.34. The van der Waals surface area contributed by atoms with Gasteiger partial charge in [-0.2, -0.15) is 9.97 Å². The largest absolute Gasteiger partial charge is 0.494 e. The average Bonchev–Trinajstić information content (AvgIpc) is 2.97. The van der Waals surface area contributed by atoms with Crippen molar-refractivity contribution in [2.24, 2.45) is 0 Å². The van der Waals surface area contributed by atoms with Gasteiger partial charge in [-0.1, -0.05) is 0 Å². The Balaban J connectivity index is 1.60. The molecule has 1 aliphatic rings. The number of aromatic nitrogens is 4. The standard InChI is InChI=1S/C13H15N5O2/c1-19-11-7-16-13(17-8-11)20-10-3-6-18(9-10)12-14-4-2-5-15-12/h2,4-5,7-8,10H,3,6,9H2,1H3. The fourth-order valence-electron chi connectivity index (χ4n) is 2.08. The lowest BCUT2D eigenvalue weighted by molar-refractivity contribution is 0.205. The summed E-state index contributed by atoms with van der Waals surface area (Å²) >= 11 is 0. The van der Waals surface area contributed by atoms with Crippen molar-refractivity contribution < 1.29 is 9.47 Å². The highest BCUT2D eigenvalue weighted by atomic mass is 16.5. The molecule has 0 saturated carbocycles. The summed E-state index contributed by atoms with van der Waals surface area (Å²) in [4.78, 5) is 18.8. The van der Waals surface area contributed by atoms with Gasteiger partial charge in [0.25, 0.3) is 0 Å². The molecule has 0 radical (unpaired) electrons. The zero-order valence-corrected chi connectivity index (χ0v) is 11.1. The van der Waals surface area contributed by atoms with Gasteiger partial charge in [-0.3, -0.25) is 0 Å². The lowest BCUT2D eigenvalue weighted by Gasteiger charge is -2.15. The Hall–Kier alpha value is -2.44. The highest BCUT2D eigenvalue weighted by molar-refractivity contribution is 5.30. The molecular formula is C13H15N5O2. The quantitative estimate of drug-likeness (QED) is 0.820. The second-order valence-corrected chi connectivity index (χ2v) is 4.43. The van der Waals surface area contributed by atoms with E-state index in [1.807, 2.05) is 0 Å². The molecule has 0 N–H and O–H groups in total. The third-order valence-electron chi connectivity index (χ3n) is 3.09. The van der Waals surface area contributed by atoms with E-state index < -0.39 is 0 Å². The van der Waals surface area contributed by atoms with Crippen molar-refractivity contribution in [1.82, 2.24) is 19.9 Å². The molecule has 3 rings (SSSR count). The molecule has 0 bridgehead atoms. The number of anilines is 1. The predicted molar refractivity (Wildman–Crippen MR) is 71.9 cm³/mol. The number of nitrogens with zero attached hydrogens (tertiary/aromatic N) is 5. The molecule has 1 saturated heterocycles. The van der Waals surface area contributed by atoms with Crippen LogP contribution in [-0.4, -0.2) is 46.2 Å². The van der Waals surface area contributed by atoms with Crippen molar-refractivity contribution in [3.63, 3.8) is 0 Å². The second kappa shape index (κ2) is 5.68. The van der Waals surface area contributed by atoms with Gasteiger partial charge in [-0.15, -0.1) is 0 Å². The molecule has 0 aliphatic carbocycles. The van der Waals surface area contributed by atoms with Crippen LogP contribution in [0.15, 0.2) is 30.9 Å². The van der Waals surface area contributed by atoms with E-state index in [4.69, 9.17) is 9.47 Å². The Labute approximate surface area is 116 Å². The highest BCUT2D eigenvalue weighted by Gasteiger charge is 2.26. The first-order valence-corrected chi connectivity index (χ1v) is 6.40. The van der Waals surface area contributed by atoms with Gasteiger partial charge in [-0.25, -0.2) is 9.97 Å². The van der Waals surface area contributed by atoms with Gasteiger partial charge in [0, 0.05) is 25.4 Å². The van der Waals surface area contributed by atoms with Gasteiger partial charge >= 0.3 is 6.01 Å². The molecule has 1 aliphatic heterocycles. The fourth-order valence-corrected chi connectivity index (χ4v) is 2.08. The molecule has 2 aromatic heterocycles. The van der Waals surface area contributed by atoms with E-state index in [2.05, 4.69) is 24.8 Å². The molecule has 3 heterocycles. The summed E-state index contributed by atoms with van der Waals surface area (Å²) in [6, 6.07) is 2.17. The van der Waals surface area contributed by atoms with Crippen molar-refractivity contribution in [3.05, 3.63) is 30.9 Å². The van der Waals surface area contributed by atoms with Crippen LogP contribution in [0.1, 0.15) is 6.42 Å². The zero-order chi connectivity index (χ0) is 13.8.